The lowest BCUT2D eigenvalue weighted by atomic mass is 9.98. The molecule has 25 heavy (non-hydrogen) atoms. The fourth-order valence-corrected chi connectivity index (χ4v) is 3.26. The average Bonchev–Trinajstić information content (AvgIpc) is 2.61. The number of rotatable bonds is 4. The first-order valence-electron chi connectivity index (χ1n) is 7.66. The number of methoxy groups -OCH3 is 1. The van der Waals surface area contributed by atoms with Gasteiger partial charge in [0.15, 0.2) is 0 Å². The largest absolute Gasteiger partial charge is 0.497 e. The molecule has 8 heteroatoms. The number of aliphatic hydroxyl groups excluding tert-OH is 3. The predicted octanol–water partition coefficient (Wildman–Crippen LogP) is -0.319. The number of benzene rings is 1. The first kappa shape index (κ1) is 19.6. The van der Waals surface area contributed by atoms with Crippen LogP contribution in [-0.4, -0.2) is 64.7 Å². The van der Waals surface area contributed by atoms with Crippen LogP contribution in [0.4, 0.5) is 0 Å². The minimum atomic E-state index is -1.30. The highest BCUT2D eigenvalue weighted by molar-refractivity contribution is 8.04. The van der Waals surface area contributed by atoms with Crippen molar-refractivity contribution >= 4 is 17.7 Å². The number of carbonyl (C=O) groups excluding carboxylic acids is 1. The first-order chi connectivity index (χ1) is 12.0. The van der Waals surface area contributed by atoms with Gasteiger partial charge in [0.05, 0.1) is 19.8 Å². The summed E-state index contributed by atoms with van der Waals surface area (Å²) >= 11 is 1.07. The zero-order chi connectivity index (χ0) is 18.4. The molecular weight excluding hydrogens is 346 g/mol. The lowest BCUT2D eigenvalue weighted by Gasteiger charge is -2.41. The summed E-state index contributed by atoms with van der Waals surface area (Å²) in [5.41, 5.74) is 0.0321. The molecule has 1 aromatic rings. The smallest absolute Gasteiger partial charge is 0.217 e. The van der Waals surface area contributed by atoms with Gasteiger partial charge in [0.1, 0.15) is 29.5 Å². The van der Waals surface area contributed by atoms with Crippen molar-refractivity contribution in [2.45, 2.75) is 36.7 Å². The van der Waals surface area contributed by atoms with Crippen LogP contribution >= 0.6 is 11.8 Å². The van der Waals surface area contributed by atoms with E-state index in [1.165, 1.54) is 6.92 Å². The Kier molecular flexibility index (Phi) is 7.11. The Morgan fingerprint density at radius 1 is 1.32 bits per heavy atom. The van der Waals surface area contributed by atoms with Crippen LogP contribution in [-0.2, 0) is 9.53 Å². The molecule has 0 saturated carbocycles. The highest BCUT2D eigenvalue weighted by Crippen LogP contribution is 2.28. The normalized spacial score (nSPS) is 28.6. The van der Waals surface area contributed by atoms with Gasteiger partial charge in [-0.2, -0.15) is 0 Å². The Morgan fingerprint density at radius 2 is 2.00 bits per heavy atom. The van der Waals surface area contributed by atoms with E-state index in [0.29, 0.717) is 0 Å². The van der Waals surface area contributed by atoms with Crippen LogP contribution in [0.15, 0.2) is 24.3 Å². The lowest BCUT2D eigenvalue weighted by Crippen LogP contribution is -2.63. The molecule has 7 nitrogen and oxygen atoms in total. The second-order valence-electron chi connectivity index (χ2n) is 5.51. The fourth-order valence-electron chi connectivity index (χ4n) is 2.39. The van der Waals surface area contributed by atoms with Gasteiger partial charge < -0.3 is 30.1 Å². The molecule has 0 unspecified atom stereocenters. The van der Waals surface area contributed by atoms with Gasteiger partial charge in [-0.3, -0.25) is 4.79 Å². The van der Waals surface area contributed by atoms with Gasteiger partial charge in [-0.25, -0.2) is 0 Å². The fraction of sp³-hybridized carbons (Fsp3) is 0.471. The lowest BCUT2D eigenvalue weighted by molar-refractivity contribution is -0.173. The van der Waals surface area contributed by atoms with Crippen molar-refractivity contribution in [1.29, 1.82) is 0 Å². The molecule has 1 fully saturated rings. The van der Waals surface area contributed by atoms with Crippen molar-refractivity contribution in [2.24, 2.45) is 0 Å². The van der Waals surface area contributed by atoms with E-state index in [9.17, 15) is 20.1 Å². The van der Waals surface area contributed by atoms with E-state index in [-0.39, 0.29) is 5.91 Å². The molecular formula is C17H21NO6S. The van der Waals surface area contributed by atoms with Crippen LogP contribution in [0.3, 0.4) is 0 Å². The van der Waals surface area contributed by atoms with Crippen molar-refractivity contribution in [3.63, 3.8) is 0 Å². The second kappa shape index (κ2) is 9.08. The Bertz CT molecular complexity index is 641. The number of hydrogen-bond donors (Lipinski definition) is 4. The quantitative estimate of drug-likeness (QED) is 0.540. The van der Waals surface area contributed by atoms with Crippen molar-refractivity contribution in [3.8, 4) is 16.9 Å². The molecule has 1 heterocycles. The molecule has 4 N–H and O–H groups in total. The minimum Gasteiger partial charge on any atom is -0.497 e. The number of aliphatic hydroxyl groups is 3. The predicted molar refractivity (Wildman–Crippen MR) is 92.8 cm³/mol. The second-order valence-corrected chi connectivity index (χ2v) is 6.41. The summed E-state index contributed by atoms with van der Waals surface area (Å²) in [5, 5.41) is 34.9. The molecule has 1 aliphatic heterocycles. The molecule has 1 aliphatic rings. The molecule has 0 radical (unpaired) electrons. The number of nitrogens with one attached hydrogen (secondary N) is 1. The Labute approximate surface area is 150 Å². The highest BCUT2D eigenvalue weighted by atomic mass is 32.2. The van der Waals surface area contributed by atoms with Crippen LogP contribution in [0.5, 0.6) is 5.75 Å². The van der Waals surface area contributed by atoms with Crippen LogP contribution in [0.25, 0.3) is 0 Å². The van der Waals surface area contributed by atoms with E-state index in [0.717, 1.165) is 23.1 Å². The number of thioether (sulfide) groups is 1. The SMILES string of the molecule is COc1ccc(C#CS[C@@H]2O[C@H](CO)[C@@H](O)[C@H](O)[C@H]2NC(C)=O)cc1. The van der Waals surface area contributed by atoms with Gasteiger partial charge >= 0.3 is 0 Å². The summed E-state index contributed by atoms with van der Waals surface area (Å²) in [5.74, 6) is 3.29. The Hall–Kier alpha value is -1.76. The van der Waals surface area contributed by atoms with Gasteiger partial charge in [0.2, 0.25) is 5.91 Å². The number of hydrogen-bond acceptors (Lipinski definition) is 7. The van der Waals surface area contributed by atoms with Crippen molar-refractivity contribution in [1.82, 2.24) is 5.32 Å². The number of carbonyl (C=O) groups is 1. The van der Waals surface area contributed by atoms with E-state index in [2.05, 4.69) is 16.5 Å². The van der Waals surface area contributed by atoms with Crippen LogP contribution in [0.1, 0.15) is 12.5 Å². The maximum atomic E-state index is 11.4. The molecule has 1 aromatic carbocycles. The van der Waals surface area contributed by atoms with E-state index in [1.807, 2.05) is 0 Å². The molecule has 1 amide bonds. The average molecular weight is 367 g/mol. The Balaban J connectivity index is 2.10. The summed E-state index contributed by atoms with van der Waals surface area (Å²) in [4.78, 5) is 11.4. The van der Waals surface area contributed by atoms with Gasteiger partial charge in [-0.1, -0.05) is 5.92 Å². The summed E-state index contributed by atoms with van der Waals surface area (Å²) < 4.78 is 10.6. The molecule has 0 spiro atoms. The third-order valence-corrected chi connectivity index (χ3v) is 4.57. The van der Waals surface area contributed by atoms with Crippen LogP contribution in [0, 0.1) is 11.2 Å². The zero-order valence-electron chi connectivity index (χ0n) is 13.9. The van der Waals surface area contributed by atoms with Gasteiger partial charge in [0.25, 0.3) is 0 Å². The molecule has 0 bridgehead atoms. The molecule has 0 aromatic heterocycles. The van der Waals surface area contributed by atoms with E-state index < -0.39 is 36.4 Å². The van der Waals surface area contributed by atoms with Crippen LogP contribution < -0.4 is 10.1 Å². The molecule has 0 aliphatic carbocycles. The standard InChI is InChI=1S/C17H21NO6S/c1-10(20)18-14-16(22)15(21)13(9-19)24-17(14)25-8-7-11-3-5-12(23-2)6-4-11/h3-6,13-17,19,21-22H,9H2,1-2H3,(H,18,20)/t13-,14-,15-,16-,17+/m1/s1. The maximum Gasteiger partial charge on any atom is 0.217 e. The van der Waals surface area contributed by atoms with Crippen molar-refractivity contribution < 1.29 is 29.6 Å². The summed E-state index contributed by atoms with van der Waals surface area (Å²) in [6.07, 6.45) is -3.51. The van der Waals surface area contributed by atoms with Gasteiger partial charge in [-0.05, 0) is 41.3 Å². The number of ether oxygens (including phenoxy) is 2. The monoisotopic (exact) mass is 367 g/mol. The third kappa shape index (κ3) is 5.11. The molecule has 1 saturated heterocycles. The first-order valence-corrected chi connectivity index (χ1v) is 8.54. The van der Waals surface area contributed by atoms with Crippen LogP contribution in [0.2, 0.25) is 0 Å². The minimum absolute atomic E-state index is 0.365. The highest BCUT2D eigenvalue weighted by Gasteiger charge is 2.44. The Morgan fingerprint density at radius 3 is 2.56 bits per heavy atom. The van der Waals surface area contributed by atoms with Gasteiger partial charge in [0, 0.05) is 12.5 Å². The summed E-state index contributed by atoms with van der Waals surface area (Å²) in [7, 11) is 1.58. The maximum absolute atomic E-state index is 11.4. The van der Waals surface area contributed by atoms with Gasteiger partial charge in [-0.15, -0.1) is 0 Å². The topological polar surface area (TPSA) is 108 Å². The van der Waals surface area contributed by atoms with E-state index in [4.69, 9.17) is 9.47 Å². The molecule has 2 rings (SSSR count). The van der Waals surface area contributed by atoms with Crippen molar-refractivity contribution in [3.05, 3.63) is 29.8 Å². The summed E-state index contributed by atoms with van der Waals surface area (Å²) in [6.45, 7) is 0.857. The van der Waals surface area contributed by atoms with E-state index in [1.54, 1.807) is 31.4 Å². The summed E-state index contributed by atoms with van der Waals surface area (Å²) in [6, 6.07) is 6.33. The van der Waals surface area contributed by atoms with Crippen molar-refractivity contribution in [2.75, 3.05) is 13.7 Å². The third-order valence-electron chi connectivity index (χ3n) is 3.71. The molecule has 5 atom stereocenters. The van der Waals surface area contributed by atoms with E-state index >= 15 is 0 Å². The molecule has 136 valence electrons. The number of amides is 1. The zero-order valence-corrected chi connectivity index (χ0v) is 14.7.